The van der Waals surface area contributed by atoms with E-state index in [9.17, 15) is 19.8 Å². The first-order valence-corrected chi connectivity index (χ1v) is 20.0. The molecule has 0 radical (unpaired) electrons. The first-order chi connectivity index (χ1) is 27.6. The van der Waals surface area contributed by atoms with E-state index in [1.54, 1.807) is 30.3 Å². The van der Waals surface area contributed by atoms with E-state index >= 15 is 0 Å². The van der Waals surface area contributed by atoms with E-state index in [4.69, 9.17) is 32.4 Å². The summed E-state index contributed by atoms with van der Waals surface area (Å²) < 4.78 is 19.0. The summed E-state index contributed by atoms with van der Waals surface area (Å²) in [7, 11) is 0. The molecule has 12 heteroatoms. The fraction of sp³-hybridized carbons (Fsp3) is 0.400. The zero-order valence-electron chi connectivity index (χ0n) is 32.6. The number of carboxylic acids is 1. The molecule has 11 nitrogen and oxygen atoms in total. The molecule has 1 amide bonds. The topological polar surface area (TPSA) is 134 Å². The number of benzene rings is 4. The summed E-state index contributed by atoms with van der Waals surface area (Å²) in [6.45, 7) is 16.0. The second-order valence-corrected chi connectivity index (χ2v) is 15.2. The quantitative estimate of drug-likeness (QED) is 0.0931. The molecule has 2 bridgehead atoms. The number of aliphatic hydroxyl groups excluding tert-OH is 1. The van der Waals surface area contributed by atoms with Crippen LogP contribution < -0.4 is 24.8 Å². The Morgan fingerprint density at radius 1 is 0.982 bits per heavy atom. The number of nitrogens with one attached hydrogen (secondary N) is 2. The van der Waals surface area contributed by atoms with Crippen molar-refractivity contribution in [2.24, 2.45) is 0 Å². The molecular weight excluding hydrogens is 744 g/mol. The molecule has 4 aromatic carbocycles. The van der Waals surface area contributed by atoms with Crippen LogP contribution in [-0.4, -0.2) is 71.9 Å². The third kappa shape index (κ3) is 11.1. The Labute approximate surface area is 339 Å². The molecule has 0 aliphatic carbocycles. The second kappa shape index (κ2) is 19.8. The highest BCUT2D eigenvalue weighted by Gasteiger charge is 2.21. The maximum Gasteiger partial charge on any atom is 0.320 e. The van der Waals surface area contributed by atoms with Gasteiger partial charge in [-0.3, -0.25) is 9.59 Å². The molecular formula is C45H51ClN4O7. The van der Waals surface area contributed by atoms with Crippen molar-refractivity contribution in [1.82, 2.24) is 15.5 Å². The highest BCUT2D eigenvalue weighted by Crippen LogP contribution is 2.37. The Morgan fingerprint density at radius 3 is 2.53 bits per heavy atom. The molecule has 1 saturated heterocycles. The molecule has 0 aromatic heterocycles. The first-order valence-electron chi connectivity index (χ1n) is 19.6. The summed E-state index contributed by atoms with van der Waals surface area (Å²) in [6, 6.07) is 19.8. The number of rotatable bonds is 10. The van der Waals surface area contributed by atoms with Gasteiger partial charge in [-0.15, -0.1) is 0 Å². The Morgan fingerprint density at radius 2 is 1.75 bits per heavy atom. The number of halogens is 1. The van der Waals surface area contributed by atoms with Crippen molar-refractivity contribution in [3.05, 3.63) is 117 Å². The predicted molar refractivity (Wildman–Crippen MR) is 220 cm³/mol. The van der Waals surface area contributed by atoms with Gasteiger partial charge in [-0.05, 0) is 116 Å². The predicted octanol–water partition coefficient (Wildman–Crippen LogP) is 8.01. The lowest BCUT2D eigenvalue weighted by atomic mass is 9.93. The molecule has 0 saturated carbocycles. The van der Waals surface area contributed by atoms with E-state index in [2.05, 4.69) is 46.4 Å². The Bertz CT molecular complexity index is 2090. The molecule has 2 aliphatic heterocycles. The number of carboxylic acid groups (broad SMARTS) is 1. The number of aliphatic carboxylic acids is 1. The molecule has 0 spiro atoms. The van der Waals surface area contributed by atoms with Crippen molar-refractivity contribution < 1.29 is 34.0 Å². The van der Waals surface area contributed by atoms with Gasteiger partial charge in [0.05, 0.1) is 24.3 Å². The van der Waals surface area contributed by atoms with Crippen molar-refractivity contribution in [3.63, 3.8) is 0 Å². The SMILES string of the molecule is [C-]#[N+]c1cc2cc(c1)C(=O)NCCCC[C@@H](C(=O)O)NCc1cc(Cl)c(OCc3cccc(-c4cccc(OCCCN5CCC(O)CC5)c4C)c3C)cc1OC2. The maximum absolute atomic E-state index is 12.9. The standard InChI is InChI=1S/C45H51ClN4O7/c1-29-32(9-6-10-37(29)38-11-7-13-41(30(38)2)55-20-8-17-50-18-14-36(51)15-19-50)28-57-43-25-42-34(24-39(43)46)26-49-40(45(53)54)12-4-5-16-48-44(52)33-21-31(27-56-42)22-35(23-33)47-3/h6-7,9-11,13,21-25,36,40,49,51H,4-5,8,12,14-20,26-28H2,1-2H3,(H,48,52)(H,53,54)/t40-/m0/s1. The monoisotopic (exact) mass is 794 g/mol. The minimum Gasteiger partial charge on any atom is -0.493 e. The summed E-state index contributed by atoms with van der Waals surface area (Å²) >= 11 is 6.83. The summed E-state index contributed by atoms with van der Waals surface area (Å²) in [5.41, 5.74) is 7.22. The van der Waals surface area contributed by atoms with Crippen LogP contribution in [0.15, 0.2) is 66.7 Å². The van der Waals surface area contributed by atoms with Crippen LogP contribution in [0.1, 0.15) is 76.7 Å². The van der Waals surface area contributed by atoms with Gasteiger partial charge in [0.15, 0.2) is 5.69 Å². The molecule has 1 fully saturated rings. The summed E-state index contributed by atoms with van der Waals surface area (Å²) in [4.78, 5) is 31.0. The number of amides is 1. The van der Waals surface area contributed by atoms with Crippen molar-refractivity contribution in [1.29, 1.82) is 0 Å². The highest BCUT2D eigenvalue weighted by atomic mass is 35.5. The van der Waals surface area contributed by atoms with Gasteiger partial charge in [-0.2, -0.15) is 0 Å². The average molecular weight is 795 g/mol. The fourth-order valence-corrected chi connectivity index (χ4v) is 7.60. The minimum atomic E-state index is -0.964. The molecule has 1 atom stereocenters. The number of hydrogen-bond acceptors (Lipinski definition) is 8. The van der Waals surface area contributed by atoms with Crippen LogP contribution in [0.3, 0.4) is 0 Å². The Balaban J connectivity index is 1.19. The van der Waals surface area contributed by atoms with Gasteiger partial charge >= 0.3 is 5.97 Å². The van der Waals surface area contributed by atoms with Crippen molar-refractivity contribution >= 4 is 29.2 Å². The molecule has 6 rings (SSSR count). The Hall–Kier alpha value is -5.12. The minimum absolute atomic E-state index is 0.0484. The average Bonchev–Trinajstić information content (AvgIpc) is 3.20. The zero-order valence-corrected chi connectivity index (χ0v) is 33.4. The van der Waals surface area contributed by atoms with Crippen LogP contribution in [0.4, 0.5) is 5.69 Å². The van der Waals surface area contributed by atoms with E-state index in [-0.39, 0.29) is 31.8 Å². The molecule has 0 unspecified atom stereocenters. The van der Waals surface area contributed by atoms with Gasteiger partial charge in [0.25, 0.3) is 0 Å². The highest BCUT2D eigenvalue weighted by molar-refractivity contribution is 6.32. The van der Waals surface area contributed by atoms with Crippen molar-refractivity contribution in [3.8, 4) is 28.4 Å². The normalized spacial score (nSPS) is 17.1. The van der Waals surface area contributed by atoms with Gasteiger partial charge in [-0.25, -0.2) is 4.85 Å². The third-order valence-corrected chi connectivity index (χ3v) is 11.1. The fourth-order valence-electron chi connectivity index (χ4n) is 7.36. The lowest BCUT2D eigenvalue weighted by Crippen LogP contribution is -2.36. The number of nitrogens with zero attached hydrogens (tertiary/aromatic N) is 2. The first kappa shape index (κ1) is 41.5. The van der Waals surface area contributed by atoms with Gasteiger partial charge in [0.2, 0.25) is 5.91 Å². The summed E-state index contributed by atoms with van der Waals surface area (Å²) in [6.07, 6.45) is 3.97. The van der Waals surface area contributed by atoms with Crippen LogP contribution in [0.25, 0.3) is 16.0 Å². The van der Waals surface area contributed by atoms with Crippen LogP contribution >= 0.6 is 11.6 Å². The maximum atomic E-state index is 12.9. The van der Waals surface area contributed by atoms with Gasteiger partial charge in [-0.1, -0.05) is 41.9 Å². The molecule has 57 heavy (non-hydrogen) atoms. The number of carbonyl (C=O) groups excluding carboxylic acids is 1. The van der Waals surface area contributed by atoms with Gasteiger partial charge in [0.1, 0.15) is 36.5 Å². The van der Waals surface area contributed by atoms with E-state index in [0.29, 0.717) is 71.3 Å². The smallest absolute Gasteiger partial charge is 0.320 e. The van der Waals surface area contributed by atoms with Crippen molar-refractivity contribution in [2.45, 2.75) is 84.3 Å². The lowest BCUT2D eigenvalue weighted by molar-refractivity contribution is -0.139. The third-order valence-electron chi connectivity index (χ3n) is 10.8. The van der Waals surface area contributed by atoms with E-state index in [1.165, 1.54) is 0 Å². The second-order valence-electron chi connectivity index (χ2n) is 14.8. The number of ether oxygens (including phenoxy) is 3. The number of likely N-dealkylation sites (tertiary alicyclic amines) is 1. The van der Waals surface area contributed by atoms with Gasteiger partial charge < -0.3 is 40.0 Å². The number of hydrogen-bond donors (Lipinski definition) is 4. The molecule has 300 valence electrons. The molecule has 4 aromatic rings. The van der Waals surface area contributed by atoms with Crippen LogP contribution in [0.5, 0.6) is 17.2 Å². The van der Waals surface area contributed by atoms with E-state index in [0.717, 1.165) is 72.5 Å². The van der Waals surface area contributed by atoms with Crippen LogP contribution in [0, 0.1) is 20.4 Å². The largest absolute Gasteiger partial charge is 0.493 e. The lowest BCUT2D eigenvalue weighted by Gasteiger charge is -2.29. The van der Waals surface area contributed by atoms with E-state index < -0.39 is 12.0 Å². The van der Waals surface area contributed by atoms with Crippen molar-refractivity contribution in [2.75, 3.05) is 32.8 Å². The number of fused-ring (bicyclic) bond motifs is 3. The zero-order chi connectivity index (χ0) is 40.3. The Kier molecular flexibility index (Phi) is 14.4. The number of carbonyl (C=O) groups is 2. The van der Waals surface area contributed by atoms with Gasteiger partial charge in [0, 0.05) is 49.9 Å². The number of aliphatic hydroxyl groups is 1. The molecule has 4 N–H and O–H groups in total. The molecule has 2 aliphatic rings. The molecule has 2 heterocycles. The number of piperidine rings is 1. The summed E-state index contributed by atoms with van der Waals surface area (Å²) in [5, 5.41) is 26.1. The van der Waals surface area contributed by atoms with E-state index in [1.807, 2.05) is 24.3 Å². The van der Waals surface area contributed by atoms with Crippen LogP contribution in [-0.2, 0) is 24.6 Å². The van der Waals surface area contributed by atoms with Crippen LogP contribution in [0.2, 0.25) is 5.02 Å². The summed E-state index contributed by atoms with van der Waals surface area (Å²) in [5.74, 6) is 0.418.